The first-order valence-corrected chi connectivity index (χ1v) is 7.16. The van der Waals surface area contributed by atoms with Crippen molar-refractivity contribution >= 4 is 11.9 Å². The summed E-state index contributed by atoms with van der Waals surface area (Å²) in [7, 11) is 0. The van der Waals surface area contributed by atoms with Gasteiger partial charge in [-0.25, -0.2) is 4.79 Å². The van der Waals surface area contributed by atoms with E-state index in [1.807, 2.05) is 0 Å². The normalized spacial score (nSPS) is 17.6. The van der Waals surface area contributed by atoms with Crippen molar-refractivity contribution in [2.24, 2.45) is 5.92 Å². The van der Waals surface area contributed by atoms with E-state index in [2.05, 4.69) is 10.4 Å². The first-order chi connectivity index (χ1) is 9.66. The Kier molecular flexibility index (Phi) is 5.15. The minimum Gasteiger partial charge on any atom is -0.480 e. The number of carbonyl (C=O) groups excluding carboxylic acids is 1. The summed E-state index contributed by atoms with van der Waals surface area (Å²) in [6, 6.07) is 1.04. The lowest BCUT2D eigenvalue weighted by Gasteiger charge is -2.28. The van der Waals surface area contributed by atoms with Crippen LogP contribution in [0.15, 0.2) is 18.5 Å². The Morgan fingerprint density at radius 3 is 2.70 bits per heavy atom. The van der Waals surface area contributed by atoms with Crippen LogP contribution in [0.3, 0.4) is 0 Å². The maximum absolute atomic E-state index is 11.9. The molecular formula is C14H21N3O3. The number of nitrogens with zero attached hydrogens (tertiary/aromatic N) is 2. The molecule has 1 aromatic heterocycles. The average Bonchev–Trinajstić information content (AvgIpc) is 2.96. The molecule has 0 spiro atoms. The monoisotopic (exact) mass is 279 g/mol. The fourth-order valence-corrected chi connectivity index (χ4v) is 2.74. The van der Waals surface area contributed by atoms with Crippen molar-refractivity contribution in [1.82, 2.24) is 15.1 Å². The second-order valence-electron chi connectivity index (χ2n) is 5.30. The minimum absolute atomic E-state index is 0.0647. The quantitative estimate of drug-likeness (QED) is 0.825. The zero-order valence-corrected chi connectivity index (χ0v) is 11.5. The molecule has 1 aliphatic rings. The van der Waals surface area contributed by atoms with Gasteiger partial charge in [-0.1, -0.05) is 19.3 Å². The van der Waals surface area contributed by atoms with Crippen molar-refractivity contribution in [3.8, 4) is 0 Å². The molecule has 1 saturated carbocycles. The second-order valence-corrected chi connectivity index (χ2v) is 5.30. The number of amides is 1. The maximum Gasteiger partial charge on any atom is 0.326 e. The van der Waals surface area contributed by atoms with E-state index in [1.54, 1.807) is 23.1 Å². The van der Waals surface area contributed by atoms with E-state index in [1.165, 1.54) is 0 Å². The fraction of sp³-hybridized carbons (Fsp3) is 0.643. The van der Waals surface area contributed by atoms with Gasteiger partial charge in [-0.05, 0) is 24.8 Å². The van der Waals surface area contributed by atoms with E-state index >= 15 is 0 Å². The number of aryl methyl sites for hydroxylation is 1. The van der Waals surface area contributed by atoms with Crippen molar-refractivity contribution < 1.29 is 14.7 Å². The molecule has 1 aromatic rings. The fourth-order valence-electron chi connectivity index (χ4n) is 2.74. The van der Waals surface area contributed by atoms with E-state index in [4.69, 9.17) is 0 Å². The van der Waals surface area contributed by atoms with Crippen molar-refractivity contribution in [3.05, 3.63) is 18.5 Å². The zero-order chi connectivity index (χ0) is 14.4. The molecule has 6 nitrogen and oxygen atoms in total. The first-order valence-electron chi connectivity index (χ1n) is 7.16. The molecule has 20 heavy (non-hydrogen) atoms. The van der Waals surface area contributed by atoms with Crippen LogP contribution < -0.4 is 5.32 Å². The number of rotatable bonds is 6. The molecule has 110 valence electrons. The van der Waals surface area contributed by atoms with Crippen molar-refractivity contribution in [3.63, 3.8) is 0 Å². The standard InChI is InChI=1S/C14H21N3O3/c18-12(7-10-17-9-4-8-15-17)16-13(14(19)20)11-5-2-1-3-6-11/h4,8-9,11,13H,1-3,5-7,10H2,(H,16,18)(H,19,20). The number of carbonyl (C=O) groups is 2. The number of hydrogen-bond donors (Lipinski definition) is 2. The van der Waals surface area contributed by atoms with Gasteiger partial charge in [-0.3, -0.25) is 9.48 Å². The van der Waals surface area contributed by atoms with Crippen LogP contribution in [0.5, 0.6) is 0 Å². The molecule has 1 unspecified atom stereocenters. The van der Waals surface area contributed by atoms with Crippen LogP contribution >= 0.6 is 0 Å². The molecule has 1 atom stereocenters. The number of hydrogen-bond acceptors (Lipinski definition) is 3. The summed E-state index contributed by atoms with van der Waals surface area (Å²) in [5, 5.41) is 16.0. The third kappa shape index (κ3) is 4.08. The topological polar surface area (TPSA) is 84.2 Å². The molecule has 0 aliphatic heterocycles. The van der Waals surface area contributed by atoms with Gasteiger partial charge in [-0.2, -0.15) is 5.10 Å². The molecule has 0 saturated heterocycles. The van der Waals surface area contributed by atoms with Crippen LogP contribution in [0.2, 0.25) is 0 Å². The van der Waals surface area contributed by atoms with Crippen LogP contribution in [0.4, 0.5) is 0 Å². The van der Waals surface area contributed by atoms with Crippen LogP contribution in [0.25, 0.3) is 0 Å². The van der Waals surface area contributed by atoms with E-state index < -0.39 is 12.0 Å². The highest BCUT2D eigenvalue weighted by molar-refractivity contribution is 5.83. The predicted octanol–water partition coefficient (Wildman–Crippen LogP) is 1.42. The smallest absolute Gasteiger partial charge is 0.326 e. The lowest BCUT2D eigenvalue weighted by Crippen LogP contribution is -2.46. The molecule has 0 aromatic carbocycles. The number of carboxylic acids is 1. The summed E-state index contributed by atoms with van der Waals surface area (Å²) in [5.41, 5.74) is 0. The summed E-state index contributed by atoms with van der Waals surface area (Å²) in [6.45, 7) is 0.468. The van der Waals surface area contributed by atoms with Gasteiger partial charge < -0.3 is 10.4 Å². The Hall–Kier alpha value is -1.85. The lowest BCUT2D eigenvalue weighted by atomic mass is 9.84. The number of carboxylic acid groups (broad SMARTS) is 1. The summed E-state index contributed by atoms with van der Waals surface area (Å²) < 4.78 is 1.66. The van der Waals surface area contributed by atoms with E-state index in [9.17, 15) is 14.7 Å². The third-order valence-electron chi connectivity index (χ3n) is 3.83. The molecule has 1 fully saturated rings. The second kappa shape index (κ2) is 7.07. The highest BCUT2D eigenvalue weighted by Crippen LogP contribution is 2.26. The Bertz CT molecular complexity index is 439. The van der Waals surface area contributed by atoms with Gasteiger partial charge in [0.1, 0.15) is 6.04 Å². The molecule has 0 bridgehead atoms. The Labute approximate surface area is 118 Å². The Morgan fingerprint density at radius 2 is 2.10 bits per heavy atom. The van der Waals surface area contributed by atoms with Crippen molar-refractivity contribution in [1.29, 1.82) is 0 Å². The summed E-state index contributed by atoms with van der Waals surface area (Å²) in [6.07, 6.45) is 8.72. The number of aromatic nitrogens is 2. The Morgan fingerprint density at radius 1 is 1.35 bits per heavy atom. The molecule has 2 rings (SSSR count). The molecular weight excluding hydrogens is 258 g/mol. The van der Waals surface area contributed by atoms with Gasteiger partial charge >= 0.3 is 5.97 Å². The van der Waals surface area contributed by atoms with E-state index in [-0.39, 0.29) is 18.2 Å². The molecule has 2 N–H and O–H groups in total. The molecule has 1 amide bonds. The van der Waals surface area contributed by atoms with Gasteiger partial charge in [0.05, 0.1) is 0 Å². The van der Waals surface area contributed by atoms with Crippen molar-refractivity contribution in [2.45, 2.75) is 51.1 Å². The molecule has 0 radical (unpaired) electrons. The van der Waals surface area contributed by atoms with Crippen LogP contribution in [-0.2, 0) is 16.1 Å². The highest BCUT2D eigenvalue weighted by atomic mass is 16.4. The Balaban J connectivity index is 1.83. The zero-order valence-electron chi connectivity index (χ0n) is 11.5. The van der Waals surface area contributed by atoms with Crippen LogP contribution in [0.1, 0.15) is 38.5 Å². The highest BCUT2D eigenvalue weighted by Gasteiger charge is 2.30. The maximum atomic E-state index is 11.9. The van der Waals surface area contributed by atoms with Gasteiger partial charge in [0.15, 0.2) is 0 Å². The lowest BCUT2D eigenvalue weighted by molar-refractivity contribution is -0.143. The summed E-state index contributed by atoms with van der Waals surface area (Å²) in [5.74, 6) is -1.09. The van der Waals surface area contributed by atoms with Crippen LogP contribution in [-0.4, -0.2) is 32.8 Å². The van der Waals surface area contributed by atoms with Gasteiger partial charge in [0, 0.05) is 25.4 Å². The van der Waals surface area contributed by atoms with E-state index in [0.717, 1.165) is 32.1 Å². The third-order valence-corrected chi connectivity index (χ3v) is 3.83. The van der Waals surface area contributed by atoms with Gasteiger partial charge in [-0.15, -0.1) is 0 Å². The summed E-state index contributed by atoms with van der Waals surface area (Å²) >= 11 is 0. The van der Waals surface area contributed by atoms with E-state index in [0.29, 0.717) is 6.54 Å². The molecule has 6 heteroatoms. The first kappa shape index (κ1) is 14.6. The molecule has 1 aliphatic carbocycles. The minimum atomic E-state index is -0.927. The van der Waals surface area contributed by atoms with Gasteiger partial charge in [0.2, 0.25) is 5.91 Å². The largest absolute Gasteiger partial charge is 0.480 e. The number of aliphatic carboxylic acids is 1. The average molecular weight is 279 g/mol. The predicted molar refractivity (Wildman–Crippen MR) is 73.0 cm³/mol. The van der Waals surface area contributed by atoms with Crippen molar-refractivity contribution in [2.75, 3.05) is 0 Å². The number of nitrogens with one attached hydrogen (secondary N) is 1. The molecule has 1 heterocycles. The summed E-state index contributed by atoms with van der Waals surface area (Å²) in [4.78, 5) is 23.2. The SMILES string of the molecule is O=C(CCn1cccn1)NC(C(=O)O)C1CCCCC1. The van der Waals surface area contributed by atoms with Crippen LogP contribution in [0, 0.1) is 5.92 Å². The van der Waals surface area contributed by atoms with Gasteiger partial charge in [0.25, 0.3) is 0 Å².